The van der Waals surface area contributed by atoms with Crippen LogP contribution in [0.2, 0.25) is 0 Å². The Morgan fingerprint density at radius 1 is 1.47 bits per heavy atom. The van der Waals surface area contributed by atoms with Crippen LogP contribution in [0, 0.1) is 0 Å². The van der Waals surface area contributed by atoms with E-state index in [1.165, 1.54) is 0 Å². The molecule has 1 aliphatic rings. The molecule has 2 heterocycles. The number of rotatable bonds is 2. The molecule has 17 heavy (non-hydrogen) atoms. The smallest absolute Gasteiger partial charge is 0.368 e. The largest absolute Gasteiger partial charge is 0.394 e. The number of nitrogen functional groups attached to an aromatic ring is 1. The van der Waals surface area contributed by atoms with Gasteiger partial charge in [0.15, 0.2) is 6.23 Å². The third-order valence-corrected chi connectivity index (χ3v) is 2.49. The van der Waals surface area contributed by atoms with Crippen LogP contribution in [0.15, 0.2) is 11.0 Å². The van der Waals surface area contributed by atoms with Gasteiger partial charge in [0.1, 0.15) is 24.1 Å². The maximum absolute atomic E-state index is 11.4. The fraction of sp³-hybridized carbons (Fsp3) is 0.625. The standard InChI is InChI=1S/C8H12N4O5/c9-4-1-10-12(8(16)11-4)7-6(15)5(14)3(2-13)17-7/h1,3,5-7,13-15H,2H2,(H2,9,11,16)/t3-,5+,6-,7+/m0/s1. The third-order valence-electron chi connectivity index (χ3n) is 2.49. The number of aliphatic hydroxyl groups is 3. The van der Waals surface area contributed by atoms with Crippen LogP contribution in [-0.4, -0.2) is 55.0 Å². The van der Waals surface area contributed by atoms with E-state index in [0.717, 1.165) is 10.9 Å². The fourth-order valence-corrected chi connectivity index (χ4v) is 1.62. The summed E-state index contributed by atoms with van der Waals surface area (Å²) in [6, 6.07) is 0. The predicted molar refractivity (Wildman–Crippen MR) is 53.7 cm³/mol. The molecule has 0 radical (unpaired) electrons. The van der Waals surface area contributed by atoms with Crippen LogP contribution in [0.3, 0.4) is 0 Å². The molecule has 5 N–H and O–H groups in total. The molecule has 2 rings (SSSR count). The lowest BCUT2D eigenvalue weighted by Crippen LogP contribution is -2.37. The molecule has 0 spiro atoms. The van der Waals surface area contributed by atoms with Gasteiger partial charge in [0, 0.05) is 0 Å². The highest BCUT2D eigenvalue weighted by Crippen LogP contribution is 2.27. The monoisotopic (exact) mass is 244 g/mol. The van der Waals surface area contributed by atoms with Crippen LogP contribution in [0.5, 0.6) is 0 Å². The summed E-state index contributed by atoms with van der Waals surface area (Å²) in [5, 5.41) is 31.7. The van der Waals surface area contributed by atoms with Crippen molar-refractivity contribution in [3.63, 3.8) is 0 Å². The zero-order valence-electron chi connectivity index (χ0n) is 8.67. The van der Waals surface area contributed by atoms with E-state index in [0.29, 0.717) is 0 Å². The van der Waals surface area contributed by atoms with Crippen molar-refractivity contribution in [1.29, 1.82) is 0 Å². The van der Waals surface area contributed by atoms with E-state index in [-0.39, 0.29) is 5.82 Å². The number of anilines is 1. The van der Waals surface area contributed by atoms with E-state index in [4.69, 9.17) is 15.6 Å². The highest BCUT2D eigenvalue weighted by Gasteiger charge is 2.44. The summed E-state index contributed by atoms with van der Waals surface area (Å²) in [6.45, 7) is -0.480. The minimum atomic E-state index is -1.37. The van der Waals surface area contributed by atoms with Crippen molar-refractivity contribution in [3.05, 3.63) is 16.7 Å². The number of aromatic nitrogens is 3. The first-order valence-corrected chi connectivity index (χ1v) is 4.88. The van der Waals surface area contributed by atoms with Crippen molar-refractivity contribution in [1.82, 2.24) is 14.8 Å². The third kappa shape index (κ3) is 2.00. The number of hydrogen-bond acceptors (Lipinski definition) is 8. The average molecular weight is 244 g/mol. The molecule has 1 aliphatic heterocycles. The second kappa shape index (κ2) is 4.37. The molecule has 94 valence electrons. The van der Waals surface area contributed by atoms with Gasteiger partial charge in [-0.2, -0.15) is 14.8 Å². The zero-order valence-corrected chi connectivity index (χ0v) is 8.67. The number of hydrogen-bond donors (Lipinski definition) is 4. The van der Waals surface area contributed by atoms with Gasteiger partial charge >= 0.3 is 5.69 Å². The lowest BCUT2D eigenvalue weighted by molar-refractivity contribution is -0.0616. The molecule has 0 aromatic carbocycles. The lowest BCUT2D eigenvalue weighted by Gasteiger charge is -2.15. The van der Waals surface area contributed by atoms with Crippen LogP contribution in [0.25, 0.3) is 0 Å². The molecular formula is C8H12N4O5. The van der Waals surface area contributed by atoms with Crippen LogP contribution >= 0.6 is 0 Å². The van der Waals surface area contributed by atoms with Crippen molar-refractivity contribution >= 4 is 5.82 Å². The van der Waals surface area contributed by atoms with Crippen molar-refractivity contribution < 1.29 is 20.1 Å². The Morgan fingerprint density at radius 2 is 2.18 bits per heavy atom. The Bertz CT molecular complexity index is 463. The number of aliphatic hydroxyl groups excluding tert-OH is 3. The highest BCUT2D eigenvalue weighted by atomic mass is 16.6. The molecule has 0 unspecified atom stereocenters. The summed E-state index contributed by atoms with van der Waals surface area (Å²) in [4.78, 5) is 14.9. The van der Waals surface area contributed by atoms with E-state index in [1.807, 2.05) is 0 Å². The fourth-order valence-electron chi connectivity index (χ4n) is 1.62. The van der Waals surface area contributed by atoms with Crippen LogP contribution in [0.4, 0.5) is 5.82 Å². The average Bonchev–Trinajstić information content (AvgIpc) is 2.57. The van der Waals surface area contributed by atoms with Crippen LogP contribution in [-0.2, 0) is 4.74 Å². The minimum Gasteiger partial charge on any atom is -0.394 e. The highest BCUT2D eigenvalue weighted by molar-refractivity contribution is 5.19. The molecule has 1 aromatic rings. The van der Waals surface area contributed by atoms with Gasteiger partial charge in [0.05, 0.1) is 12.8 Å². The first-order chi connectivity index (χ1) is 8.04. The summed E-state index contributed by atoms with van der Waals surface area (Å²) < 4.78 is 5.88. The van der Waals surface area contributed by atoms with Gasteiger partial charge in [-0.05, 0) is 0 Å². The molecule has 9 heteroatoms. The van der Waals surface area contributed by atoms with E-state index in [9.17, 15) is 15.0 Å². The second-order valence-electron chi connectivity index (χ2n) is 3.64. The van der Waals surface area contributed by atoms with Gasteiger partial charge in [0.2, 0.25) is 0 Å². The van der Waals surface area contributed by atoms with E-state index >= 15 is 0 Å². The maximum Gasteiger partial charge on any atom is 0.368 e. The summed E-state index contributed by atoms with van der Waals surface area (Å²) in [5.74, 6) is -0.0574. The molecule has 1 fully saturated rings. The zero-order chi connectivity index (χ0) is 12.6. The van der Waals surface area contributed by atoms with Crippen molar-refractivity contribution in [2.75, 3.05) is 12.3 Å². The van der Waals surface area contributed by atoms with Gasteiger partial charge in [-0.25, -0.2) is 4.79 Å². The Balaban J connectivity index is 2.32. The lowest BCUT2D eigenvalue weighted by atomic mass is 10.1. The van der Waals surface area contributed by atoms with Crippen molar-refractivity contribution in [2.24, 2.45) is 0 Å². The number of nitrogens with zero attached hydrogens (tertiary/aromatic N) is 3. The maximum atomic E-state index is 11.4. The SMILES string of the molecule is Nc1cnn([C@@H]2O[C@@H](CO)[C@@H](O)[C@@H]2O)c(=O)n1. The van der Waals surface area contributed by atoms with Gasteiger partial charge in [-0.15, -0.1) is 0 Å². The first-order valence-electron chi connectivity index (χ1n) is 4.88. The van der Waals surface area contributed by atoms with E-state index in [2.05, 4.69) is 10.1 Å². The minimum absolute atomic E-state index is 0.0574. The van der Waals surface area contributed by atoms with Crippen LogP contribution < -0.4 is 11.4 Å². The van der Waals surface area contributed by atoms with Crippen LogP contribution in [0.1, 0.15) is 6.23 Å². The molecule has 0 bridgehead atoms. The molecule has 0 aliphatic carbocycles. The Hall–Kier alpha value is -1.55. The van der Waals surface area contributed by atoms with E-state index < -0.39 is 36.8 Å². The molecular weight excluding hydrogens is 232 g/mol. The molecule has 1 saturated heterocycles. The molecule has 0 saturated carbocycles. The summed E-state index contributed by atoms with van der Waals surface area (Å²) >= 11 is 0. The summed E-state index contributed by atoms with van der Waals surface area (Å²) in [6.07, 6.45) is -3.71. The predicted octanol–water partition coefficient (Wildman–Crippen LogP) is -3.17. The topological polar surface area (TPSA) is 144 Å². The first kappa shape index (κ1) is 11.9. The molecule has 9 nitrogen and oxygen atoms in total. The van der Waals surface area contributed by atoms with Gasteiger partial charge in [-0.1, -0.05) is 0 Å². The second-order valence-corrected chi connectivity index (χ2v) is 3.64. The molecule has 4 atom stereocenters. The Morgan fingerprint density at radius 3 is 2.71 bits per heavy atom. The van der Waals surface area contributed by atoms with Gasteiger partial charge in [-0.3, -0.25) is 0 Å². The van der Waals surface area contributed by atoms with Crippen molar-refractivity contribution in [2.45, 2.75) is 24.5 Å². The van der Waals surface area contributed by atoms with Crippen molar-refractivity contribution in [3.8, 4) is 0 Å². The normalized spacial score (nSPS) is 32.9. The molecule has 0 amide bonds. The number of nitrogens with two attached hydrogens (primary N) is 1. The quantitative estimate of drug-likeness (QED) is 0.426. The number of ether oxygens (including phenoxy) is 1. The Kier molecular flexibility index (Phi) is 3.07. The summed E-state index contributed by atoms with van der Waals surface area (Å²) in [7, 11) is 0. The van der Waals surface area contributed by atoms with Gasteiger partial charge in [0.25, 0.3) is 0 Å². The summed E-state index contributed by atoms with van der Waals surface area (Å²) in [5.41, 5.74) is 4.46. The van der Waals surface area contributed by atoms with E-state index in [1.54, 1.807) is 0 Å². The van der Waals surface area contributed by atoms with Gasteiger partial charge < -0.3 is 25.8 Å². The molecule has 1 aromatic heterocycles. The Labute approximate surface area is 95.1 Å².